The number of aromatic nitrogens is 2. The smallest absolute Gasteiger partial charge is 0.278 e. The van der Waals surface area contributed by atoms with Gasteiger partial charge < -0.3 is 9.80 Å². The average Bonchev–Trinajstić information content (AvgIpc) is 2.74. The summed E-state index contributed by atoms with van der Waals surface area (Å²) in [6, 6.07) is 19.6. The molecule has 1 heterocycles. The van der Waals surface area contributed by atoms with Crippen LogP contribution in [0.4, 0.5) is 11.5 Å². The van der Waals surface area contributed by atoms with E-state index < -0.39 is 0 Å². The zero-order valence-corrected chi connectivity index (χ0v) is 15.7. The van der Waals surface area contributed by atoms with Gasteiger partial charge in [0.25, 0.3) is 5.91 Å². The molecule has 0 radical (unpaired) electrons. The van der Waals surface area contributed by atoms with Gasteiger partial charge in [-0.1, -0.05) is 48.5 Å². The lowest BCUT2D eigenvalue weighted by atomic mass is 10.2. The van der Waals surface area contributed by atoms with Gasteiger partial charge in [-0.05, 0) is 31.5 Å². The molecule has 1 aromatic heterocycles. The van der Waals surface area contributed by atoms with Crippen LogP contribution in [-0.2, 0) is 6.54 Å². The van der Waals surface area contributed by atoms with Crippen molar-refractivity contribution in [2.75, 3.05) is 22.9 Å². The van der Waals surface area contributed by atoms with Crippen LogP contribution >= 0.6 is 0 Å². The maximum atomic E-state index is 13.2. The molecule has 0 atom stereocenters. The standard InChI is InChI=1S/C22H24N4O/c1-3-25(4-2)21-16-23-20(15-24-21)22(27)26(19-13-9-6-10-14-19)17-18-11-7-5-8-12-18/h5-16H,3-4,17H2,1-2H3. The van der Waals surface area contributed by atoms with Crippen LogP contribution in [0, 0.1) is 0 Å². The van der Waals surface area contributed by atoms with E-state index in [0.29, 0.717) is 12.2 Å². The Hall–Kier alpha value is -3.21. The molecule has 0 spiro atoms. The lowest BCUT2D eigenvalue weighted by Gasteiger charge is -2.23. The zero-order chi connectivity index (χ0) is 19.1. The van der Waals surface area contributed by atoms with Crippen LogP contribution in [0.5, 0.6) is 0 Å². The Morgan fingerprint density at radius 2 is 1.48 bits per heavy atom. The Morgan fingerprint density at radius 1 is 0.852 bits per heavy atom. The molecule has 0 unspecified atom stereocenters. The Balaban J connectivity index is 1.88. The van der Waals surface area contributed by atoms with Crippen molar-refractivity contribution in [3.63, 3.8) is 0 Å². The second-order valence-electron chi connectivity index (χ2n) is 6.14. The summed E-state index contributed by atoms with van der Waals surface area (Å²) in [5.41, 5.74) is 2.23. The van der Waals surface area contributed by atoms with E-state index in [4.69, 9.17) is 0 Å². The van der Waals surface area contributed by atoms with E-state index in [9.17, 15) is 4.79 Å². The highest BCUT2D eigenvalue weighted by atomic mass is 16.2. The predicted octanol–water partition coefficient (Wildman–Crippen LogP) is 4.17. The van der Waals surface area contributed by atoms with Crippen LogP contribution in [0.3, 0.4) is 0 Å². The molecule has 0 N–H and O–H groups in total. The number of benzene rings is 2. The van der Waals surface area contributed by atoms with Gasteiger partial charge in [-0.3, -0.25) is 4.79 Å². The summed E-state index contributed by atoms with van der Waals surface area (Å²) in [4.78, 5) is 25.8. The fourth-order valence-electron chi connectivity index (χ4n) is 2.94. The monoisotopic (exact) mass is 360 g/mol. The quantitative estimate of drug-likeness (QED) is 0.634. The van der Waals surface area contributed by atoms with Crippen molar-refractivity contribution in [3.8, 4) is 0 Å². The maximum absolute atomic E-state index is 13.2. The van der Waals surface area contributed by atoms with Gasteiger partial charge in [0.15, 0.2) is 0 Å². The van der Waals surface area contributed by atoms with Crippen molar-refractivity contribution in [2.45, 2.75) is 20.4 Å². The first-order valence-electron chi connectivity index (χ1n) is 9.20. The summed E-state index contributed by atoms with van der Waals surface area (Å²) < 4.78 is 0. The highest BCUT2D eigenvalue weighted by Crippen LogP contribution is 2.20. The Morgan fingerprint density at radius 3 is 2.04 bits per heavy atom. The van der Waals surface area contributed by atoms with E-state index in [-0.39, 0.29) is 5.91 Å². The first-order chi connectivity index (χ1) is 13.2. The van der Waals surface area contributed by atoms with Crippen molar-refractivity contribution in [1.82, 2.24) is 9.97 Å². The third kappa shape index (κ3) is 4.50. The molecule has 0 fully saturated rings. The van der Waals surface area contributed by atoms with Gasteiger partial charge in [-0.2, -0.15) is 0 Å². The summed E-state index contributed by atoms with van der Waals surface area (Å²) in [7, 11) is 0. The van der Waals surface area contributed by atoms with Crippen LogP contribution in [-0.4, -0.2) is 29.0 Å². The van der Waals surface area contributed by atoms with E-state index in [2.05, 4.69) is 28.7 Å². The Kier molecular flexibility index (Phi) is 6.15. The fourth-order valence-corrected chi connectivity index (χ4v) is 2.94. The number of rotatable bonds is 7. The second kappa shape index (κ2) is 8.94. The minimum atomic E-state index is -0.163. The SMILES string of the molecule is CCN(CC)c1cnc(C(=O)N(Cc2ccccc2)c2ccccc2)cn1. The number of para-hydroxylation sites is 1. The number of nitrogens with zero attached hydrogens (tertiary/aromatic N) is 4. The third-order valence-electron chi connectivity index (χ3n) is 4.44. The molecule has 0 aliphatic rings. The number of carbonyl (C=O) groups is 1. The van der Waals surface area contributed by atoms with Crippen LogP contribution < -0.4 is 9.80 Å². The molecule has 1 amide bonds. The molecule has 3 aromatic rings. The molecule has 27 heavy (non-hydrogen) atoms. The summed E-state index contributed by atoms with van der Waals surface area (Å²) in [5.74, 6) is 0.620. The number of hydrogen-bond acceptors (Lipinski definition) is 4. The molecular weight excluding hydrogens is 336 g/mol. The number of amides is 1. The van der Waals surface area contributed by atoms with Crippen molar-refractivity contribution >= 4 is 17.4 Å². The first-order valence-corrected chi connectivity index (χ1v) is 9.20. The summed E-state index contributed by atoms with van der Waals surface area (Å²) in [6.07, 6.45) is 3.24. The summed E-state index contributed by atoms with van der Waals surface area (Å²) >= 11 is 0. The second-order valence-corrected chi connectivity index (χ2v) is 6.14. The molecule has 0 bridgehead atoms. The normalized spacial score (nSPS) is 10.4. The predicted molar refractivity (Wildman–Crippen MR) is 109 cm³/mol. The van der Waals surface area contributed by atoms with Crippen LogP contribution in [0.15, 0.2) is 73.1 Å². The molecule has 5 heteroatoms. The third-order valence-corrected chi connectivity index (χ3v) is 4.44. The Labute approximate surface area is 160 Å². The molecule has 0 aliphatic carbocycles. The van der Waals surface area contributed by atoms with Crippen molar-refractivity contribution in [1.29, 1.82) is 0 Å². The number of anilines is 2. The van der Waals surface area contributed by atoms with E-state index in [1.807, 2.05) is 60.7 Å². The number of carbonyl (C=O) groups excluding carboxylic acids is 1. The van der Waals surface area contributed by atoms with Gasteiger partial charge in [0.05, 0.1) is 18.9 Å². The largest absolute Gasteiger partial charge is 0.356 e. The molecule has 5 nitrogen and oxygen atoms in total. The maximum Gasteiger partial charge on any atom is 0.278 e. The van der Waals surface area contributed by atoms with Gasteiger partial charge in [0.2, 0.25) is 0 Å². The molecule has 138 valence electrons. The lowest BCUT2D eigenvalue weighted by molar-refractivity contribution is 0.0980. The zero-order valence-electron chi connectivity index (χ0n) is 15.7. The minimum Gasteiger partial charge on any atom is -0.356 e. The van der Waals surface area contributed by atoms with Gasteiger partial charge in [-0.25, -0.2) is 9.97 Å². The minimum absolute atomic E-state index is 0.163. The van der Waals surface area contributed by atoms with E-state index >= 15 is 0 Å². The Bertz CT molecular complexity index is 847. The molecule has 3 rings (SSSR count). The molecular formula is C22H24N4O. The highest BCUT2D eigenvalue weighted by Gasteiger charge is 2.20. The summed E-state index contributed by atoms with van der Waals surface area (Å²) in [5, 5.41) is 0. The van der Waals surface area contributed by atoms with E-state index in [1.165, 1.54) is 0 Å². The van der Waals surface area contributed by atoms with Gasteiger partial charge in [0, 0.05) is 18.8 Å². The van der Waals surface area contributed by atoms with Crippen molar-refractivity contribution in [2.24, 2.45) is 0 Å². The summed E-state index contributed by atoms with van der Waals surface area (Å²) in [6.45, 7) is 6.32. The van der Waals surface area contributed by atoms with Gasteiger partial charge >= 0.3 is 0 Å². The van der Waals surface area contributed by atoms with Crippen LogP contribution in [0.1, 0.15) is 29.9 Å². The fraction of sp³-hybridized carbons (Fsp3) is 0.227. The van der Waals surface area contributed by atoms with Gasteiger partial charge in [0.1, 0.15) is 11.5 Å². The molecule has 0 saturated carbocycles. The number of hydrogen-bond donors (Lipinski definition) is 0. The molecule has 0 aliphatic heterocycles. The van der Waals surface area contributed by atoms with E-state index in [0.717, 1.165) is 30.2 Å². The average molecular weight is 360 g/mol. The van der Waals surface area contributed by atoms with Crippen molar-refractivity contribution < 1.29 is 4.79 Å². The van der Waals surface area contributed by atoms with Gasteiger partial charge in [-0.15, -0.1) is 0 Å². The van der Waals surface area contributed by atoms with Crippen LogP contribution in [0.25, 0.3) is 0 Å². The lowest BCUT2D eigenvalue weighted by Crippen LogP contribution is -2.31. The topological polar surface area (TPSA) is 49.3 Å². The van der Waals surface area contributed by atoms with E-state index in [1.54, 1.807) is 17.3 Å². The molecule has 0 saturated heterocycles. The highest BCUT2D eigenvalue weighted by molar-refractivity contribution is 6.04. The molecule has 2 aromatic carbocycles. The first kappa shape index (κ1) is 18.6. The van der Waals surface area contributed by atoms with Crippen LogP contribution in [0.2, 0.25) is 0 Å². The van der Waals surface area contributed by atoms with Crippen molar-refractivity contribution in [3.05, 3.63) is 84.3 Å².